The topological polar surface area (TPSA) is 278 Å². The van der Waals surface area contributed by atoms with Crippen molar-refractivity contribution in [2.75, 3.05) is 40.3 Å². The van der Waals surface area contributed by atoms with Crippen LogP contribution in [-0.4, -0.2) is 145 Å². The summed E-state index contributed by atoms with van der Waals surface area (Å²) in [5.74, 6) is -0.621. The minimum Gasteiger partial charge on any atom is -0.466 e. The lowest BCUT2D eigenvalue weighted by molar-refractivity contribution is -0.304. The Hall–Kier alpha value is -2.00. The van der Waals surface area contributed by atoms with Gasteiger partial charge in [0.1, 0.15) is 41.9 Å². The van der Waals surface area contributed by atoms with Gasteiger partial charge in [-0.2, -0.15) is 0 Å². The van der Waals surface area contributed by atoms with Gasteiger partial charge in [0.05, 0.1) is 37.8 Å². The number of hydrogen-bond acceptors (Lipinski definition) is 15. The molecule has 3 aliphatic rings. The van der Waals surface area contributed by atoms with Gasteiger partial charge in [-0.15, -0.1) is 0 Å². The smallest absolute Gasteiger partial charge is 0.249 e. The lowest BCUT2D eigenvalue weighted by Crippen LogP contribution is -2.69. The van der Waals surface area contributed by atoms with E-state index < -0.39 is 78.8 Å². The molecule has 1 saturated heterocycles. The molecule has 17 heteroatoms. The van der Waals surface area contributed by atoms with Crippen molar-refractivity contribution in [3.05, 3.63) is 11.8 Å². The minimum atomic E-state index is -1.52. The Balaban J connectivity index is 1.86. The number of carbonyl (C=O) groups is 2. The van der Waals surface area contributed by atoms with Gasteiger partial charge in [-0.3, -0.25) is 9.59 Å². The van der Waals surface area contributed by atoms with E-state index in [1.807, 2.05) is 0 Å². The number of ether oxygens (including phenoxy) is 4. The fourth-order valence-electron chi connectivity index (χ4n) is 5.63. The van der Waals surface area contributed by atoms with Gasteiger partial charge in [0, 0.05) is 6.04 Å². The predicted molar refractivity (Wildman–Crippen MR) is 152 cm³/mol. The van der Waals surface area contributed by atoms with E-state index in [0.29, 0.717) is 12.2 Å². The van der Waals surface area contributed by atoms with Crippen LogP contribution in [0.15, 0.2) is 11.8 Å². The molecule has 3 rings (SSSR count). The van der Waals surface area contributed by atoms with E-state index in [4.69, 9.17) is 36.1 Å². The average Bonchev–Trinajstić information content (AvgIpc) is 2.95. The number of carbonyl (C=O) groups excluding carboxylic acids is 2. The van der Waals surface area contributed by atoms with Crippen LogP contribution in [0.4, 0.5) is 0 Å². The Morgan fingerprint density at radius 1 is 1.12 bits per heavy atom. The molecule has 0 unspecified atom stereocenters. The molecule has 14 N–H and O–H groups in total. The minimum absolute atomic E-state index is 0.00444. The van der Waals surface area contributed by atoms with Gasteiger partial charge in [0.25, 0.3) is 0 Å². The van der Waals surface area contributed by atoms with Crippen molar-refractivity contribution in [2.24, 2.45) is 17.2 Å². The second-order valence-corrected chi connectivity index (χ2v) is 11.4. The van der Waals surface area contributed by atoms with E-state index in [9.17, 15) is 30.0 Å². The monoisotopic (exact) mass is 619 g/mol. The third-order valence-corrected chi connectivity index (χ3v) is 7.89. The molecular weight excluding hydrogens is 570 g/mol. The molecule has 0 bridgehead atoms. The summed E-state index contributed by atoms with van der Waals surface area (Å²) >= 11 is 0. The quantitative estimate of drug-likeness (QED) is 0.0917. The normalized spacial score (nSPS) is 38.9. The molecule has 2 fully saturated rings. The van der Waals surface area contributed by atoms with E-state index in [-0.39, 0.29) is 45.0 Å². The Kier molecular flexibility index (Phi) is 13.1. The number of nitrogens with one attached hydrogen (secondary N) is 4. The Bertz CT molecular complexity index is 959. The van der Waals surface area contributed by atoms with Gasteiger partial charge in [-0.1, -0.05) is 0 Å². The maximum absolute atomic E-state index is 12.7. The standard InChI is InChI=1S/C26H49N7O10/c1-26(39)11-40-25(19(37)22(26)31-3)43-21-15(33-23(38)16(34)6-7-27)8-13(29)20(18(21)36)42-24-14(32-17(35)10-30-2)5-4-12(9-28)41-24/h4,13-16,18-22,24-25,30-31,34,36-37,39H,5-11,27-29H2,1-3H3,(H,32,35)(H,33,38)/t13-,14+,15+,16-,18-,19+,20+,21-,22+,24+,25+,26-/m0/s1. The molecule has 17 nitrogen and oxygen atoms in total. The van der Waals surface area contributed by atoms with Crippen molar-refractivity contribution in [3.8, 4) is 0 Å². The molecule has 248 valence electrons. The highest BCUT2D eigenvalue weighted by atomic mass is 16.7. The molecular formula is C26H49N7O10. The van der Waals surface area contributed by atoms with E-state index >= 15 is 0 Å². The number of aliphatic hydroxyl groups excluding tert-OH is 3. The maximum Gasteiger partial charge on any atom is 0.249 e. The molecule has 0 radical (unpaired) electrons. The summed E-state index contributed by atoms with van der Waals surface area (Å²) in [5, 5.41) is 54.5. The van der Waals surface area contributed by atoms with Crippen LogP contribution in [0.2, 0.25) is 0 Å². The Labute approximate surface area is 250 Å². The summed E-state index contributed by atoms with van der Waals surface area (Å²) in [6, 6.07) is -3.31. The highest BCUT2D eigenvalue weighted by Gasteiger charge is 2.52. The fraction of sp³-hybridized carbons (Fsp3) is 0.846. The molecule has 2 aliphatic heterocycles. The molecule has 43 heavy (non-hydrogen) atoms. The van der Waals surface area contributed by atoms with Crippen LogP contribution in [0, 0.1) is 0 Å². The first-order valence-electron chi connectivity index (χ1n) is 14.5. The van der Waals surface area contributed by atoms with Gasteiger partial charge >= 0.3 is 0 Å². The lowest BCUT2D eigenvalue weighted by atomic mass is 9.83. The van der Waals surface area contributed by atoms with Crippen molar-refractivity contribution >= 4 is 11.8 Å². The first-order chi connectivity index (χ1) is 20.4. The molecule has 0 aromatic rings. The van der Waals surface area contributed by atoms with Crippen LogP contribution in [0.5, 0.6) is 0 Å². The van der Waals surface area contributed by atoms with Crippen molar-refractivity contribution in [3.63, 3.8) is 0 Å². The van der Waals surface area contributed by atoms with Crippen LogP contribution in [0.3, 0.4) is 0 Å². The summed E-state index contributed by atoms with van der Waals surface area (Å²) in [5.41, 5.74) is 16.3. The number of hydrogen-bond donors (Lipinski definition) is 11. The van der Waals surface area contributed by atoms with Crippen molar-refractivity contribution in [2.45, 2.75) is 99.1 Å². The van der Waals surface area contributed by atoms with Gasteiger partial charge in [0.2, 0.25) is 18.1 Å². The molecule has 12 atom stereocenters. The lowest BCUT2D eigenvalue weighted by Gasteiger charge is -2.49. The Morgan fingerprint density at radius 3 is 2.44 bits per heavy atom. The van der Waals surface area contributed by atoms with Crippen molar-refractivity contribution < 1.29 is 49.0 Å². The van der Waals surface area contributed by atoms with E-state index in [0.717, 1.165) is 0 Å². The first kappa shape index (κ1) is 35.5. The number of aliphatic hydroxyl groups is 4. The van der Waals surface area contributed by atoms with E-state index in [2.05, 4.69) is 21.3 Å². The number of likely N-dealkylation sites (N-methyl/N-ethyl adjacent to an activating group) is 2. The first-order valence-corrected chi connectivity index (χ1v) is 14.5. The second-order valence-electron chi connectivity index (χ2n) is 11.4. The molecule has 2 amide bonds. The second kappa shape index (κ2) is 15.8. The largest absolute Gasteiger partial charge is 0.466 e. The fourth-order valence-corrected chi connectivity index (χ4v) is 5.63. The SMILES string of the molecule is CNCC(=O)N[C@@H]1CC=C(CN)O[C@@H]1O[C@H]1[C@H](O)[C@@H](O[C@H]2OC[C@](C)(O)[C@H](NC)[C@H]2O)[C@H](NC(=O)[C@@H](O)CCN)C[C@@H]1N. The van der Waals surface area contributed by atoms with Crippen LogP contribution < -0.4 is 38.5 Å². The van der Waals surface area contributed by atoms with Crippen LogP contribution >= 0.6 is 0 Å². The zero-order valence-corrected chi connectivity index (χ0v) is 24.8. The van der Waals surface area contributed by atoms with Crippen molar-refractivity contribution in [1.82, 2.24) is 21.3 Å². The summed E-state index contributed by atoms with van der Waals surface area (Å²) in [4.78, 5) is 25.1. The van der Waals surface area contributed by atoms with Gasteiger partial charge in [-0.25, -0.2) is 0 Å². The zero-order valence-electron chi connectivity index (χ0n) is 24.8. The molecule has 0 aromatic heterocycles. The summed E-state index contributed by atoms with van der Waals surface area (Å²) in [6.45, 7) is 1.49. The number of amides is 2. The molecule has 0 spiro atoms. The van der Waals surface area contributed by atoms with Crippen LogP contribution in [0.25, 0.3) is 0 Å². The number of rotatable bonds is 13. The van der Waals surface area contributed by atoms with Crippen LogP contribution in [-0.2, 0) is 28.5 Å². The zero-order chi connectivity index (χ0) is 31.9. The van der Waals surface area contributed by atoms with E-state index in [1.165, 1.54) is 6.92 Å². The van der Waals surface area contributed by atoms with Crippen LogP contribution in [0.1, 0.15) is 26.2 Å². The molecule has 2 heterocycles. The summed E-state index contributed by atoms with van der Waals surface area (Å²) in [7, 11) is 3.19. The molecule has 1 aliphatic carbocycles. The maximum atomic E-state index is 12.7. The van der Waals surface area contributed by atoms with E-state index in [1.54, 1.807) is 20.2 Å². The predicted octanol–water partition coefficient (Wildman–Crippen LogP) is -5.61. The van der Waals surface area contributed by atoms with Gasteiger partial charge in [0.15, 0.2) is 6.29 Å². The van der Waals surface area contributed by atoms with Gasteiger partial charge < -0.3 is 77.8 Å². The Morgan fingerprint density at radius 2 is 1.81 bits per heavy atom. The number of nitrogens with two attached hydrogens (primary N) is 3. The summed E-state index contributed by atoms with van der Waals surface area (Å²) < 4.78 is 23.8. The average molecular weight is 620 g/mol. The highest BCUT2D eigenvalue weighted by molar-refractivity contribution is 5.80. The molecule has 0 aromatic carbocycles. The van der Waals surface area contributed by atoms with Crippen molar-refractivity contribution in [1.29, 1.82) is 0 Å². The molecule has 1 saturated carbocycles. The summed E-state index contributed by atoms with van der Waals surface area (Å²) in [6.07, 6.45) is -7.00. The third kappa shape index (κ3) is 8.80. The van der Waals surface area contributed by atoms with Gasteiger partial charge in [-0.05, 0) is 52.9 Å². The highest BCUT2D eigenvalue weighted by Crippen LogP contribution is 2.32. The third-order valence-electron chi connectivity index (χ3n) is 7.89.